The van der Waals surface area contributed by atoms with Crippen LogP contribution in [0.4, 0.5) is 11.6 Å². The van der Waals surface area contributed by atoms with Crippen molar-refractivity contribution in [1.29, 1.82) is 0 Å². The van der Waals surface area contributed by atoms with Crippen molar-refractivity contribution in [2.45, 2.75) is 13.3 Å². The number of methoxy groups -OCH3 is 1. The van der Waals surface area contributed by atoms with Crippen molar-refractivity contribution in [1.82, 2.24) is 30.0 Å². The van der Waals surface area contributed by atoms with Crippen molar-refractivity contribution in [3.8, 4) is 11.5 Å². The second-order valence-corrected chi connectivity index (χ2v) is 10.6. The molecular formula is C29H39N9O4. The van der Waals surface area contributed by atoms with Gasteiger partial charge in [0.25, 0.3) is 5.91 Å². The summed E-state index contributed by atoms with van der Waals surface area (Å²) in [4.78, 5) is 40.7. The molecule has 1 amide bonds. The molecule has 5 heterocycles. The number of hydrogen-bond donors (Lipinski definition) is 1. The number of nitrogens with zero attached hydrogens (tertiary/aromatic N) is 8. The average Bonchev–Trinajstić information content (AvgIpc) is 3.54. The minimum Gasteiger partial charge on any atom is -0.491 e. The van der Waals surface area contributed by atoms with Gasteiger partial charge in [-0.1, -0.05) is 6.92 Å². The number of amidine groups is 1. The number of amides is 1. The number of aromatic nitrogens is 2. The average molecular weight is 578 g/mol. The Morgan fingerprint density at radius 2 is 1.81 bits per heavy atom. The maximum atomic E-state index is 13.3. The Bertz CT molecular complexity index is 1320. The van der Waals surface area contributed by atoms with Gasteiger partial charge in [0, 0.05) is 70.3 Å². The van der Waals surface area contributed by atoms with Crippen molar-refractivity contribution in [3.05, 3.63) is 35.7 Å². The molecule has 0 aliphatic carbocycles. The molecule has 4 aliphatic rings. The van der Waals surface area contributed by atoms with Gasteiger partial charge in [0.1, 0.15) is 11.5 Å². The Morgan fingerprint density at radius 3 is 2.55 bits per heavy atom. The normalized spacial score (nSPS) is 19.1. The standard InChI is InChI=1S/C29H39N9O4/c1-3-35-10-12-37(13-11-35)28-31-19-21(20-32-28)27(39)34-29-33-24-22(26-30-7-9-38(26)29)5-6-23(25(24)40-2)42-16-4-8-36-14-17-41-18-15-36/h5-6,19-20H,3-4,7-18H2,1-2H3,(H,33,34,39). The monoisotopic (exact) mass is 577 g/mol. The molecule has 2 saturated heterocycles. The van der Waals surface area contributed by atoms with E-state index in [0.717, 1.165) is 83.4 Å². The maximum absolute atomic E-state index is 13.3. The number of aliphatic imine (C=N–C) groups is 2. The molecule has 0 radical (unpaired) electrons. The first-order chi connectivity index (χ1) is 20.6. The van der Waals surface area contributed by atoms with E-state index in [0.29, 0.717) is 54.4 Å². The lowest BCUT2D eigenvalue weighted by atomic mass is 10.1. The molecule has 13 nitrogen and oxygen atoms in total. The van der Waals surface area contributed by atoms with E-state index in [-0.39, 0.29) is 5.91 Å². The molecule has 0 bridgehead atoms. The first-order valence-electron chi connectivity index (χ1n) is 14.8. The number of rotatable bonds is 9. The van der Waals surface area contributed by atoms with E-state index >= 15 is 0 Å². The van der Waals surface area contributed by atoms with Crippen LogP contribution < -0.4 is 19.7 Å². The summed E-state index contributed by atoms with van der Waals surface area (Å²) in [5, 5.41) is 2.96. The van der Waals surface area contributed by atoms with E-state index in [1.54, 1.807) is 19.5 Å². The molecule has 1 N–H and O–H groups in total. The second kappa shape index (κ2) is 13.0. The van der Waals surface area contributed by atoms with Gasteiger partial charge >= 0.3 is 0 Å². The summed E-state index contributed by atoms with van der Waals surface area (Å²) in [5.74, 6) is 2.60. The molecule has 224 valence electrons. The molecule has 2 aromatic rings. The number of benzene rings is 1. The predicted octanol–water partition coefficient (Wildman–Crippen LogP) is 1.22. The Kier molecular flexibility index (Phi) is 8.77. The van der Waals surface area contributed by atoms with Gasteiger partial charge in [-0.15, -0.1) is 0 Å². The van der Waals surface area contributed by atoms with Gasteiger partial charge in [-0.2, -0.15) is 0 Å². The highest BCUT2D eigenvalue weighted by molar-refractivity contribution is 6.20. The number of anilines is 1. The molecule has 1 aromatic heterocycles. The zero-order valence-corrected chi connectivity index (χ0v) is 24.4. The van der Waals surface area contributed by atoms with Gasteiger partial charge in [-0.25, -0.2) is 15.0 Å². The number of piperazine rings is 1. The molecule has 0 atom stereocenters. The summed E-state index contributed by atoms with van der Waals surface area (Å²) in [5.41, 5.74) is 1.80. The lowest BCUT2D eigenvalue weighted by Gasteiger charge is -2.33. The van der Waals surface area contributed by atoms with Crippen LogP contribution in [0, 0.1) is 0 Å². The molecule has 2 fully saturated rings. The van der Waals surface area contributed by atoms with Crippen molar-refractivity contribution >= 4 is 29.3 Å². The van der Waals surface area contributed by atoms with Gasteiger partial charge in [0.05, 0.1) is 39.0 Å². The quantitative estimate of drug-likeness (QED) is 0.436. The first-order valence-corrected chi connectivity index (χ1v) is 14.8. The van der Waals surface area contributed by atoms with Crippen LogP contribution in [0.15, 0.2) is 34.5 Å². The molecule has 4 aliphatic heterocycles. The molecule has 0 saturated carbocycles. The number of carbonyl (C=O) groups excluding carboxylic acids is 1. The van der Waals surface area contributed by atoms with Crippen molar-refractivity contribution < 1.29 is 19.0 Å². The fourth-order valence-electron chi connectivity index (χ4n) is 5.64. The van der Waals surface area contributed by atoms with Gasteiger partial charge in [-0.05, 0) is 25.1 Å². The molecule has 13 heteroatoms. The second-order valence-electron chi connectivity index (χ2n) is 10.6. The largest absolute Gasteiger partial charge is 0.491 e. The summed E-state index contributed by atoms with van der Waals surface area (Å²) in [6.45, 7) is 13.1. The molecule has 42 heavy (non-hydrogen) atoms. The van der Waals surface area contributed by atoms with Crippen molar-refractivity contribution in [3.63, 3.8) is 0 Å². The summed E-state index contributed by atoms with van der Waals surface area (Å²) in [7, 11) is 1.60. The minimum absolute atomic E-state index is 0.333. The molecule has 1 aromatic carbocycles. The summed E-state index contributed by atoms with van der Waals surface area (Å²) < 4.78 is 17.4. The van der Waals surface area contributed by atoms with E-state index in [1.807, 2.05) is 17.0 Å². The molecule has 6 rings (SSSR count). The number of nitrogens with one attached hydrogen (secondary N) is 1. The number of fused-ring (bicyclic) bond motifs is 3. The van der Waals surface area contributed by atoms with Crippen LogP contribution in [0.1, 0.15) is 29.3 Å². The highest BCUT2D eigenvalue weighted by Gasteiger charge is 2.33. The fourth-order valence-corrected chi connectivity index (χ4v) is 5.64. The Labute approximate surface area is 246 Å². The highest BCUT2D eigenvalue weighted by Crippen LogP contribution is 2.43. The number of likely N-dealkylation sites (N-methyl/N-ethyl adjacent to an activating group) is 1. The number of hydrogen-bond acceptors (Lipinski definition) is 12. The maximum Gasteiger partial charge on any atom is 0.261 e. The lowest BCUT2D eigenvalue weighted by Crippen LogP contribution is -2.48. The van der Waals surface area contributed by atoms with E-state index < -0.39 is 0 Å². The highest BCUT2D eigenvalue weighted by atomic mass is 16.5. The third-order valence-electron chi connectivity index (χ3n) is 8.06. The van der Waals surface area contributed by atoms with Crippen LogP contribution in [0.2, 0.25) is 0 Å². The van der Waals surface area contributed by atoms with Gasteiger partial charge in [0.2, 0.25) is 11.9 Å². The van der Waals surface area contributed by atoms with Crippen molar-refractivity contribution in [2.24, 2.45) is 9.98 Å². The van der Waals surface area contributed by atoms with E-state index in [1.165, 1.54) is 0 Å². The zero-order chi connectivity index (χ0) is 28.9. The van der Waals surface area contributed by atoms with Gasteiger partial charge in [0.15, 0.2) is 11.5 Å². The number of morpholine rings is 1. The van der Waals surface area contributed by atoms with Gasteiger partial charge in [-0.3, -0.25) is 24.9 Å². The van der Waals surface area contributed by atoms with Crippen LogP contribution in [0.5, 0.6) is 11.5 Å². The summed E-state index contributed by atoms with van der Waals surface area (Å²) in [6, 6.07) is 3.87. The topological polar surface area (TPSA) is 120 Å². The summed E-state index contributed by atoms with van der Waals surface area (Å²) in [6.07, 6.45) is 4.04. The van der Waals surface area contributed by atoms with Gasteiger partial charge < -0.3 is 24.0 Å². The lowest BCUT2D eigenvalue weighted by molar-refractivity contribution is 0.0357. The van der Waals surface area contributed by atoms with E-state index in [9.17, 15) is 4.79 Å². The van der Waals surface area contributed by atoms with Crippen LogP contribution in [-0.2, 0) is 4.74 Å². The summed E-state index contributed by atoms with van der Waals surface area (Å²) >= 11 is 0. The molecule has 0 unspecified atom stereocenters. The Hall–Kier alpha value is -3.81. The molecule has 0 spiro atoms. The van der Waals surface area contributed by atoms with Crippen molar-refractivity contribution in [2.75, 3.05) is 97.3 Å². The first kappa shape index (κ1) is 28.3. The van der Waals surface area contributed by atoms with Crippen LogP contribution >= 0.6 is 0 Å². The molecular weight excluding hydrogens is 538 g/mol. The third-order valence-corrected chi connectivity index (χ3v) is 8.06. The predicted molar refractivity (Wildman–Crippen MR) is 159 cm³/mol. The van der Waals surface area contributed by atoms with Crippen LogP contribution in [-0.4, -0.2) is 135 Å². The SMILES string of the molecule is CCN1CCN(c2ncc(C(=O)NC3=Nc4c(ccc(OCCCN5CCOCC5)c4OC)C4=NCCN34)cn2)CC1. The van der Waals surface area contributed by atoms with E-state index in [2.05, 4.69) is 36.9 Å². The zero-order valence-electron chi connectivity index (χ0n) is 24.4. The minimum atomic E-state index is -0.333. The Morgan fingerprint density at radius 1 is 1.02 bits per heavy atom. The Balaban J connectivity index is 1.15. The van der Waals surface area contributed by atoms with E-state index in [4.69, 9.17) is 24.2 Å². The smallest absolute Gasteiger partial charge is 0.261 e. The number of guanidine groups is 1. The van der Waals surface area contributed by atoms with Crippen LogP contribution in [0.3, 0.4) is 0 Å². The fraction of sp³-hybridized carbons (Fsp3) is 0.552. The number of carbonyl (C=O) groups is 1. The number of ether oxygens (including phenoxy) is 3. The third kappa shape index (κ3) is 6.03. The van der Waals surface area contributed by atoms with Crippen LogP contribution in [0.25, 0.3) is 0 Å².